The lowest BCUT2D eigenvalue weighted by molar-refractivity contribution is -0.0512. The van der Waals surface area contributed by atoms with Crippen LogP contribution >= 0.6 is 0 Å². The molecule has 0 saturated heterocycles. The summed E-state index contributed by atoms with van der Waals surface area (Å²) in [5.41, 5.74) is 1.32. The van der Waals surface area contributed by atoms with Gasteiger partial charge in [-0.25, -0.2) is 0 Å². The Labute approximate surface area is 155 Å². The van der Waals surface area contributed by atoms with Crippen LogP contribution in [0.1, 0.15) is 15.9 Å². The summed E-state index contributed by atoms with van der Waals surface area (Å²) in [6.07, 6.45) is 0. The predicted molar refractivity (Wildman–Crippen MR) is 99.4 cm³/mol. The lowest BCUT2D eigenvalue weighted by atomic mass is 10.1. The van der Waals surface area contributed by atoms with E-state index in [4.69, 9.17) is 4.74 Å². The Morgan fingerprint density at radius 1 is 1.00 bits per heavy atom. The molecule has 0 N–H and O–H groups in total. The molecular formula is C21H19F2NO3. The van der Waals surface area contributed by atoms with Crippen molar-refractivity contribution in [3.63, 3.8) is 0 Å². The number of halogens is 2. The first-order valence-corrected chi connectivity index (χ1v) is 8.34. The molecular weight excluding hydrogens is 352 g/mol. The molecule has 0 spiro atoms. The first kappa shape index (κ1) is 18.6. The van der Waals surface area contributed by atoms with E-state index in [1.807, 2.05) is 42.5 Å². The van der Waals surface area contributed by atoms with Crippen LogP contribution in [0.5, 0.6) is 11.5 Å². The molecule has 3 aromatic rings. The third-order valence-corrected chi connectivity index (χ3v) is 4.21. The van der Waals surface area contributed by atoms with Crippen molar-refractivity contribution in [2.75, 3.05) is 14.2 Å². The maximum absolute atomic E-state index is 12.7. The van der Waals surface area contributed by atoms with Crippen LogP contribution in [0.15, 0.2) is 60.7 Å². The van der Waals surface area contributed by atoms with Crippen LogP contribution in [0.25, 0.3) is 10.8 Å². The Morgan fingerprint density at radius 3 is 2.44 bits per heavy atom. The molecule has 4 nitrogen and oxygen atoms in total. The number of hydrogen-bond donors (Lipinski definition) is 0. The lowest BCUT2D eigenvalue weighted by Crippen LogP contribution is -2.26. The zero-order valence-electron chi connectivity index (χ0n) is 15.0. The van der Waals surface area contributed by atoms with Gasteiger partial charge in [0.1, 0.15) is 0 Å². The summed E-state index contributed by atoms with van der Waals surface area (Å²) in [6.45, 7) is -2.54. The van der Waals surface area contributed by atoms with E-state index in [9.17, 15) is 13.6 Å². The van der Waals surface area contributed by atoms with Gasteiger partial charge in [-0.05, 0) is 40.6 Å². The molecule has 0 radical (unpaired) electrons. The van der Waals surface area contributed by atoms with Gasteiger partial charge in [0.2, 0.25) is 0 Å². The second-order valence-corrected chi connectivity index (χ2v) is 6.09. The SMILES string of the molecule is COc1cc(C(=O)N(C)Cc2ccc3ccccc3c2)ccc1OC(F)F. The summed E-state index contributed by atoms with van der Waals surface area (Å²) in [5.74, 6) is -0.272. The quantitative estimate of drug-likeness (QED) is 0.629. The Hall–Kier alpha value is -3.15. The van der Waals surface area contributed by atoms with Crippen LogP contribution < -0.4 is 9.47 Å². The zero-order valence-corrected chi connectivity index (χ0v) is 15.0. The number of carbonyl (C=O) groups excluding carboxylic acids is 1. The number of amides is 1. The van der Waals surface area contributed by atoms with E-state index >= 15 is 0 Å². The zero-order chi connectivity index (χ0) is 19.4. The number of carbonyl (C=O) groups is 1. The van der Waals surface area contributed by atoms with Gasteiger partial charge in [0, 0.05) is 19.2 Å². The average Bonchev–Trinajstić information content (AvgIpc) is 2.67. The van der Waals surface area contributed by atoms with Crippen molar-refractivity contribution in [2.24, 2.45) is 0 Å². The normalized spacial score (nSPS) is 10.9. The fraction of sp³-hybridized carbons (Fsp3) is 0.190. The van der Waals surface area contributed by atoms with Crippen molar-refractivity contribution in [1.82, 2.24) is 4.90 Å². The molecule has 0 aliphatic carbocycles. The van der Waals surface area contributed by atoms with Crippen molar-refractivity contribution in [1.29, 1.82) is 0 Å². The molecule has 0 aromatic heterocycles. The molecule has 140 valence electrons. The van der Waals surface area contributed by atoms with Crippen molar-refractivity contribution < 1.29 is 23.0 Å². The number of fused-ring (bicyclic) bond motifs is 1. The highest BCUT2D eigenvalue weighted by atomic mass is 19.3. The van der Waals surface area contributed by atoms with E-state index in [1.54, 1.807) is 11.9 Å². The third-order valence-electron chi connectivity index (χ3n) is 4.21. The van der Waals surface area contributed by atoms with Crippen LogP contribution in [0.4, 0.5) is 8.78 Å². The van der Waals surface area contributed by atoms with Gasteiger partial charge in [-0.3, -0.25) is 4.79 Å². The number of methoxy groups -OCH3 is 1. The standard InChI is InChI=1S/C21H19F2NO3/c1-24(13-14-7-8-15-5-3-4-6-16(15)11-14)20(25)17-9-10-18(27-21(22)23)19(12-17)26-2/h3-12,21H,13H2,1-2H3. The Balaban J connectivity index is 1.77. The summed E-state index contributed by atoms with van der Waals surface area (Å²) < 4.78 is 34.3. The van der Waals surface area contributed by atoms with Crippen LogP contribution in [0.3, 0.4) is 0 Å². The summed E-state index contributed by atoms with van der Waals surface area (Å²) in [4.78, 5) is 14.3. The molecule has 0 saturated carbocycles. The smallest absolute Gasteiger partial charge is 0.387 e. The molecule has 1 amide bonds. The number of hydrogen-bond acceptors (Lipinski definition) is 3. The molecule has 0 heterocycles. The second kappa shape index (κ2) is 8.03. The largest absolute Gasteiger partial charge is 0.493 e. The van der Waals surface area contributed by atoms with Gasteiger partial charge in [0.25, 0.3) is 5.91 Å². The van der Waals surface area contributed by atoms with E-state index < -0.39 is 6.61 Å². The van der Waals surface area contributed by atoms with Gasteiger partial charge in [-0.1, -0.05) is 36.4 Å². The lowest BCUT2D eigenvalue weighted by Gasteiger charge is -2.19. The average molecular weight is 371 g/mol. The number of nitrogens with zero attached hydrogens (tertiary/aromatic N) is 1. The minimum absolute atomic E-state index is 0.0836. The van der Waals surface area contributed by atoms with E-state index in [2.05, 4.69) is 4.74 Å². The minimum Gasteiger partial charge on any atom is -0.493 e. The van der Waals surface area contributed by atoms with Gasteiger partial charge in [-0.15, -0.1) is 0 Å². The summed E-state index contributed by atoms with van der Waals surface area (Å²) in [6, 6.07) is 18.2. The molecule has 0 fully saturated rings. The highest BCUT2D eigenvalue weighted by Gasteiger charge is 2.17. The monoisotopic (exact) mass is 371 g/mol. The summed E-state index contributed by atoms with van der Waals surface area (Å²) >= 11 is 0. The van der Waals surface area contributed by atoms with Crippen molar-refractivity contribution in [3.8, 4) is 11.5 Å². The van der Waals surface area contributed by atoms with E-state index in [-0.39, 0.29) is 17.4 Å². The summed E-state index contributed by atoms with van der Waals surface area (Å²) in [7, 11) is 3.02. The maximum Gasteiger partial charge on any atom is 0.387 e. The first-order chi connectivity index (χ1) is 13.0. The molecule has 0 aliphatic heterocycles. The van der Waals surface area contributed by atoms with Crippen molar-refractivity contribution in [2.45, 2.75) is 13.2 Å². The predicted octanol–water partition coefficient (Wildman–Crippen LogP) is 4.72. The first-order valence-electron chi connectivity index (χ1n) is 8.34. The van der Waals surface area contributed by atoms with E-state index in [0.717, 1.165) is 16.3 Å². The van der Waals surface area contributed by atoms with E-state index in [0.29, 0.717) is 12.1 Å². The van der Waals surface area contributed by atoms with Crippen LogP contribution in [-0.4, -0.2) is 31.6 Å². The maximum atomic E-state index is 12.7. The molecule has 3 aromatic carbocycles. The molecule has 3 rings (SSSR count). The molecule has 0 atom stereocenters. The van der Waals surface area contributed by atoms with Gasteiger partial charge in [-0.2, -0.15) is 8.78 Å². The molecule has 6 heteroatoms. The Bertz CT molecular complexity index is 959. The van der Waals surface area contributed by atoms with Crippen molar-refractivity contribution >= 4 is 16.7 Å². The number of benzene rings is 3. The molecule has 0 aliphatic rings. The van der Waals surface area contributed by atoms with Gasteiger partial charge in [0.15, 0.2) is 11.5 Å². The minimum atomic E-state index is -2.96. The van der Waals surface area contributed by atoms with Gasteiger partial charge < -0.3 is 14.4 Å². The highest BCUT2D eigenvalue weighted by Crippen LogP contribution is 2.30. The molecule has 0 bridgehead atoms. The van der Waals surface area contributed by atoms with Crippen LogP contribution in [0, 0.1) is 0 Å². The van der Waals surface area contributed by atoms with Gasteiger partial charge >= 0.3 is 6.61 Å². The topological polar surface area (TPSA) is 38.8 Å². The molecule has 27 heavy (non-hydrogen) atoms. The number of rotatable bonds is 6. The fourth-order valence-electron chi connectivity index (χ4n) is 2.90. The van der Waals surface area contributed by atoms with Gasteiger partial charge in [0.05, 0.1) is 7.11 Å². The number of ether oxygens (including phenoxy) is 2. The van der Waals surface area contributed by atoms with Crippen molar-refractivity contribution in [3.05, 3.63) is 71.8 Å². The fourth-order valence-corrected chi connectivity index (χ4v) is 2.90. The molecule has 0 unspecified atom stereocenters. The third kappa shape index (κ3) is 4.34. The summed E-state index contributed by atoms with van der Waals surface area (Å²) in [5, 5.41) is 2.24. The number of alkyl halides is 2. The van der Waals surface area contributed by atoms with Crippen LogP contribution in [-0.2, 0) is 6.54 Å². The highest BCUT2D eigenvalue weighted by molar-refractivity contribution is 5.94. The second-order valence-electron chi connectivity index (χ2n) is 6.09. The van der Waals surface area contributed by atoms with E-state index in [1.165, 1.54) is 25.3 Å². The Morgan fingerprint density at radius 2 is 1.74 bits per heavy atom. The Kier molecular flexibility index (Phi) is 5.54. The van der Waals surface area contributed by atoms with Crippen LogP contribution in [0.2, 0.25) is 0 Å².